The fourth-order valence-corrected chi connectivity index (χ4v) is 2.51. The van der Waals surface area contributed by atoms with Crippen molar-refractivity contribution in [2.75, 3.05) is 26.3 Å². The molecule has 4 N–H and O–H groups in total. The molecule has 2 heterocycles. The molecule has 5 nitrogen and oxygen atoms in total. The van der Waals surface area contributed by atoms with Crippen LogP contribution in [-0.4, -0.2) is 36.3 Å². The van der Waals surface area contributed by atoms with Crippen molar-refractivity contribution in [2.24, 2.45) is 0 Å². The van der Waals surface area contributed by atoms with Crippen molar-refractivity contribution in [3.05, 3.63) is 53.1 Å². The van der Waals surface area contributed by atoms with Crippen LogP contribution in [0.2, 0.25) is 0 Å². The summed E-state index contributed by atoms with van der Waals surface area (Å²) >= 11 is 0. The fraction of sp³-hybridized carbons (Fsp3) is 0.333. The third-order valence-electron chi connectivity index (χ3n) is 3.71. The Morgan fingerprint density at radius 3 is 2.76 bits per heavy atom. The van der Waals surface area contributed by atoms with E-state index in [1.807, 2.05) is 17.6 Å². The molecule has 0 unspecified atom stereocenters. The van der Waals surface area contributed by atoms with Crippen LogP contribution >= 0.6 is 0 Å². The molecule has 1 fully saturated rings. The van der Waals surface area contributed by atoms with Gasteiger partial charge < -0.3 is 14.7 Å². The number of hydrogen-bond acceptors (Lipinski definition) is 4. The van der Waals surface area contributed by atoms with Gasteiger partial charge in [0, 0.05) is 30.3 Å². The molecular formula is C15H19FN3O2+. The highest BCUT2D eigenvalue weighted by Crippen LogP contribution is 2.20. The molecule has 0 amide bonds. The van der Waals surface area contributed by atoms with Gasteiger partial charge in [0.1, 0.15) is 5.82 Å². The Balaban J connectivity index is 1.82. The number of nitrogens with zero attached hydrogens (tertiary/aromatic N) is 1. The van der Waals surface area contributed by atoms with Crippen molar-refractivity contribution >= 4 is 5.70 Å². The Kier molecular flexibility index (Phi) is 4.19. The number of aliphatic hydroxyl groups is 1. The highest BCUT2D eigenvalue weighted by molar-refractivity contribution is 5.66. The topological polar surface area (TPSA) is 61.3 Å². The smallest absolute Gasteiger partial charge is 0.225 e. The van der Waals surface area contributed by atoms with Crippen molar-refractivity contribution in [2.45, 2.75) is 6.61 Å². The highest BCUT2D eigenvalue weighted by Gasteiger charge is 2.21. The van der Waals surface area contributed by atoms with Crippen molar-refractivity contribution in [1.29, 1.82) is 0 Å². The third kappa shape index (κ3) is 2.92. The number of allylic oxidation sites excluding steroid dienone is 2. The maximum atomic E-state index is 14.2. The molecular weight excluding hydrogens is 273 g/mol. The quantitative estimate of drug-likeness (QED) is 0.682. The van der Waals surface area contributed by atoms with Crippen molar-refractivity contribution in [3.8, 4) is 0 Å². The van der Waals surface area contributed by atoms with Gasteiger partial charge in [0.05, 0.1) is 25.5 Å². The van der Waals surface area contributed by atoms with Crippen LogP contribution in [0.5, 0.6) is 0 Å². The van der Waals surface area contributed by atoms with E-state index in [0.29, 0.717) is 16.8 Å². The van der Waals surface area contributed by atoms with Gasteiger partial charge in [0.2, 0.25) is 5.82 Å². The largest absolute Gasteiger partial charge is 0.392 e. The predicted octanol–water partition coefficient (Wildman–Crippen LogP) is -0.0859. The Morgan fingerprint density at radius 2 is 2.10 bits per heavy atom. The lowest BCUT2D eigenvalue weighted by Gasteiger charge is -2.29. The number of hydrogen-bond donors (Lipinski definition) is 3. The van der Waals surface area contributed by atoms with Crippen molar-refractivity contribution < 1.29 is 19.7 Å². The second-order valence-corrected chi connectivity index (χ2v) is 5.00. The molecule has 1 aromatic carbocycles. The van der Waals surface area contributed by atoms with Crippen molar-refractivity contribution in [3.63, 3.8) is 0 Å². The predicted molar refractivity (Wildman–Crippen MR) is 75.8 cm³/mol. The number of halogens is 1. The molecule has 1 aromatic rings. The molecule has 0 bridgehead atoms. The van der Waals surface area contributed by atoms with Gasteiger partial charge in [-0.3, -0.25) is 0 Å². The maximum absolute atomic E-state index is 14.2. The molecule has 21 heavy (non-hydrogen) atoms. The van der Waals surface area contributed by atoms with Crippen LogP contribution in [0.1, 0.15) is 11.1 Å². The average Bonchev–Trinajstić information content (AvgIpc) is 2.56. The van der Waals surface area contributed by atoms with Crippen LogP contribution in [0, 0.1) is 5.82 Å². The number of morpholine rings is 1. The summed E-state index contributed by atoms with van der Waals surface area (Å²) in [7, 11) is 0. The van der Waals surface area contributed by atoms with E-state index in [2.05, 4.69) is 10.3 Å². The summed E-state index contributed by atoms with van der Waals surface area (Å²) < 4.78 is 19.5. The lowest BCUT2D eigenvalue weighted by molar-refractivity contribution is -0.667. The first-order valence-electron chi connectivity index (χ1n) is 7.02. The highest BCUT2D eigenvalue weighted by atomic mass is 19.1. The third-order valence-corrected chi connectivity index (χ3v) is 3.71. The lowest BCUT2D eigenvalue weighted by Crippen LogP contribution is -2.93. The summed E-state index contributed by atoms with van der Waals surface area (Å²) in [6.07, 6.45) is 3.84. The number of nitrogens with one attached hydrogen (secondary N) is 1. The fourth-order valence-electron chi connectivity index (χ4n) is 2.51. The van der Waals surface area contributed by atoms with E-state index in [4.69, 9.17) is 9.84 Å². The number of rotatable bonds is 3. The van der Waals surface area contributed by atoms with E-state index < -0.39 is 0 Å². The van der Waals surface area contributed by atoms with Gasteiger partial charge in [-0.25, -0.2) is 9.82 Å². The number of ether oxygens (including phenoxy) is 1. The van der Waals surface area contributed by atoms with Crippen LogP contribution in [-0.2, 0) is 11.3 Å². The van der Waals surface area contributed by atoms with E-state index in [1.165, 1.54) is 0 Å². The molecule has 6 heteroatoms. The molecule has 0 aromatic heterocycles. The summed E-state index contributed by atoms with van der Waals surface area (Å²) in [5.74, 6) is 0.691. The van der Waals surface area contributed by atoms with Gasteiger partial charge in [0.25, 0.3) is 0 Å². The zero-order chi connectivity index (χ0) is 14.7. The molecule has 0 radical (unpaired) electrons. The zero-order valence-electron chi connectivity index (χ0n) is 11.7. The Labute approximate surface area is 122 Å². The SMILES string of the molecule is OCc1cccc(C2=CC=C(N3CCOCC3)[NH2+]N2)c1F. The minimum Gasteiger partial charge on any atom is -0.392 e. The Bertz CT molecular complexity index is 580. The summed E-state index contributed by atoms with van der Waals surface area (Å²) in [4.78, 5) is 2.23. The van der Waals surface area contributed by atoms with Gasteiger partial charge >= 0.3 is 0 Å². The first-order valence-corrected chi connectivity index (χ1v) is 7.02. The molecule has 2 aliphatic rings. The summed E-state index contributed by atoms with van der Waals surface area (Å²) in [6, 6.07) is 5.03. The Hall–Kier alpha value is -1.89. The van der Waals surface area contributed by atoms with Crippen LogP contribution in [0.4, 0.5) is 4.39 Å². The monoisotopic (exact) mass is 292 g/mol. The number of nitrogens with two attached hydrogens (primary N) is 1. The minimum absolute atomic E-state index is 0.300. The lowest BCUT2D eigenvalue weighted by atomic mass is 10.1. The molecule has 0 atom stereocenters. The molecule has 3 rings (SSSR count). The summed E-state index contributed by atoms with van der Waals surface area (Å²) in [6.45, 7) is 2.89. The number of quaternary nitrogens is 1. The summed E-state index contributed by atoms with van der Waals surface area (Å²) in [5, 5.41) is 9.14. The molecule has 2 aliphatic heterocycles. The zero-order valence-corrected chi connectivity index (χ0v) is 11.7. The number of benzene rings is 1. The van der Waals surface area contributed by atoms with Gasteiger partial charge in [-0.2, -0.15) is 5.43 Å². The van der Waals surface area contributed by atoms with Gasteiger partial charge in [-0.15, -0.1) is 0 Å². The first-order chi connectivity index (χ1) is 10.3. The Morgan fingerprint density at radius 1 is 1.29 bits per heavy atom. The van der Waals surface area contributed by atoms with E-state index in [9.17, 15) is 4.39 Å². The molecule has 0 spiro atoms. The first kappa shape index (κ1) is 14.1. The van der Waals surface area contributed by atoms with E-state index in [1.54, 1.807) is 18.2 Å². The molecule has 0 aliphatic carbocycles. The van der Waals surface area contributed by atoms with Gasteiger partial charge in [0.15, 0.2) is 0 Å². The standard InChI is InChI=1S/C15H18FN3O2/c16-15-11(10-20)2-1-3-12(15)13-4-5-14(18-17-13)19-6-8-21-9-7-19/h1-5,17-18,20H,6-10H2/p+1. The second kappa shape index (κ2) is 6.26. The van der Waals surface area contributed by atoms with E-state index >= 15 is 0 Å². The van der Waals surface area contributed by atoms with Crippen LogP contribution in [0.25, 0.3) is 5.70 Å². The number of aliphatic hydroxyl groups excluding tert-OH is 1. The minimum atomic E-state index is -0.379. The molecule has 1 saturated heterocycles. The van der Waals surface area contributed by atoms with E-state index in [-0.39, 0.29) is 12.4 Å². The normalized spacial score (nSPS) is 18.9. The van der Waals surface area contributed by atoms with Gasteiger partial charge in [-0.05, 0) is 12.1 Å². The second-order valence-electron chi connectivity index (χ2n) is 5.00. The molecule has 112 valence electrons. The van der Waals surface area contributed by atoms with E-state index in [0.717, 1.165) is 32.1 Å². The van der Waals surface area contributed by atoms with Crippen molar-refractivity contribution in [1.82, 2.24) is 10.3 Å². The van der Waals surface area contributed by atoms with Crippen LogP contribution in [0.3, 0.4) is 0 Å². The van der Waals surface area contributed by atoms with Crippen LogP contribution in [0.15, 0.2) is 36.2 Å². The maximum Gasteiger partial charge on any atom is 0.225 e. The van der Waals surface area contributed by atoms with Gasteiger partial charge in [-0.1, -0.05) is 12.1 Å². The summed E-state index contributed by atoms with van der Waals surface area (Å²) in [5.41, 5.74) is 6.49. The van der Waals surface area contributed by atoms with Crippen LogP contribution < -0.4 is 10.9 Å². The molecule has 0 saturated carbocycles. The average molecular weight is 292 g/mol.